The van der Waals surface area contributed by atoms with Crippen LogP contribution in [0.1, 0.15) is 52.4 Å². The Morgan fingerprint density at radius 3 is 2.81 bits per heavy atom. The first-order chi connectivity index (χ1) is 7.74. The predicted octanol–water partition coefficient (Wildman–Crippen LogP) is 4.05. The van der Waals surface area contributed by atoms with Gasteiger partial charge in [0.05, 0.1) is 0 Å². The summed E-state index contributed by atoms with van der Waals surface area (Å²) in [5, 5.41) is 0. The van der Waals surface area contributed by atoms with E-state index in [-0.39, 0.29) is 6.04 Å². The van der Waals surface area contributed by atoms with Crippen LogP contribution in [0.15, 0.2) is 24.3 Å². The zero-order chi connectivity index (χ0) is 11.8. The molecular weight excluding hydrogens is 194 g/mol. The molecule has 1 aliphatic rings. The topological polar surface area (TPSA) is 26.0 Å². The quantitative estimate of drug-likeness (QED) is 0.673. The Kier molecular flexibility index (Phi) is 6.47. The van der Waals surface area contributed by atoms with Gasteiger partial charge in [0.15, 0.2) is 0 Å². The molecule has 2 N–H and O–H groups in total. The minimum absolute atomic E-state index is 0.205. The summed E-state index contributed by atoms with van der Waals surface area (Å²) in [5.41, 5.74) is 5.75. The maximum atomic E-state index is 5.75. The standard InChI is InChI=1S/C15H27N/c1-3-4-5-6-8-14-9-7-10-15(14)12-11-13(2)16/h5-6,11-15H,3-4,7-10,16H2,1-2H3/b6-5-,12-11+. The second-order valence-electron chi connectivity index (χ2n) is 5.09. The van der Waals surface area contributed by atoms with Gasteiger partial charge in [-0.15, -0.1) is 0 Å². The number of hydrogen-bond donors (Lipinski definition) is 1. The van der Waals surface area contributed by atoms with E-state index in [1.807, 2.05) is 6.92 Å². The van der Waals surface area contributed by atoms with Crippen molar-refractivity contribution >= 4 is 0 Å². The van der Waals surface area contributed by atoms with E-state index in [9.17, 15) is 0 Å². The van der Waals surface area contributed by atoms with Gasteiger partial charge in [0.1, 0.15) is 0 Å². The lowest BCUT2D eigenvalue weighted by molar-refractivity contribution is 0.462. The summed E-state index contributed by atoms with van der Waals surface area (Å²) in [6.07, 6.45) is 17.1. The van der Waals surface area contributed by atoms with E-state index in [1.54, 1.807) is 0 Å². The number of allylic oxidation sites excluding steroid dienone is 3. The lowest BCUT2D eigenvalue weighted by Crippen LogP contribution is -2.12. The van der Waals surface area contributed by atoms with Crippen molar-refractivity contribution in [3.63, 3.8) is 0 Å². The Hall–Kier alpha value is -0.560. The lowest BCUT2D eigenvalue weighted by Gasteiger charge is -2.14. The molecule has 1 rings (SSSR count). The number of unbranched alkanes of at least 4 members (excludes halogenated alkanes) is 1. The first-order valence-electron chi connectivity index (χ1n) is 6.83. The summed E-state index contributed by atoms with van der Waals surface area (Å²) in [5.74, 6) is 1.64. The molecule has 1 nitrogen and oxygen atoms in total. The molecule has 0 bridgehead atoms. The molecule has 0 amide bonds. The molecule has 92 valence electrons. The average Bonchev–Trinajstić information content (AvgIpc) is 2.69. The lowest BCUT2D eigenvalue weighted by atomic mass is 9.92. The molecule has 0 aliphatic heterocycles. The van der Waals surface area contributed by atoms with Gasteiger partial charge in [-0.25, -0.2) is 0 Å². The molecule has 0 saturated heterocycles. The maximum Gasteiger partial charge on any atom is 0.0194 e. The highest BCUT2D eigenvalue weighted by Gasteiger charge is 2.23. The monoisotopic (exact) mass is 221 g/mol. The number of hydrogen-bond acceptors (Lipinski definition) is 1. The first-order valence-corrected chi connectivity index (χ1v) is 6.83. The van der Waals surface area contributed by atoms with Crippen molar-refractivity contribution in [3.8, 4) is 0 Å². The molecular formula is C15H27N. The first kappa shape index (κ1) is 13.5. The SMILES string of the molecule is CCC/C=C\CC1CCCC1/C=C/C(C)N. The Bertz CT molecular complexity index is 228. The van der Waals surface area contributed by atoms with E-state index in [1.165, 1.54) is 38.5 Å². The molecule has 1 fully saturated rings. The highest BCUT2D eigenvalue weighted by molar-refractivity contribution is 5.00. The zero-order valence-electron chi connectivity index (χ0n) is 10.9. The van der Waals surface area contributed by atoms with Crippen molar-refractivity contribution in [2.75, 3.05) is 0 Å². The van der Waals surface area contributed by atoms with Gasteiger partial charge in [0, 0.05) is 6.04 Å². The number of rotatable bonds is 6. The van der Waals surface area contributed by atoms with Crippen LogP contribution < -0.4 is 5.73 Å². The fourth-order valence-corrected chi connectivity index (χ4v) is 2.49. The summed E-state index contributed by atoms with van der Waals surface area (Å²) < 4.78 is 0. The van der Waals surface area contributed by atoms with E-state index in [2.05, 4.69) is 31.2 Å². The largest absolute Gasteiger partial charge is 0.325 e. The van der Waals surface area contributed by atoms with Crippen molar-refractivity contribution in [2.45, 2.75) is 58.4 Å². The second kappa shape index (κ2) is 7.67. The normalized spacial score (nSPS) is 28.2. The molecule has 1 saturated carbocycles. The van der Waals surface area contributed by atoms with E-state index in [0.29, 0.717) is 0 Å². The molecule has 3 atom stereocenters. The molecule has 0 aromatic rings. The summed E-state index contributed by atoms with van der Waals surface area (Å²) in [7, 11) is 0. The van der Waals surface area contributed by atoms with Crippen LogP contribution in [0.4, 0.5) is 0 Å². The third kappa shape index (κ3) is 4.98. The van der Waals surface area contributed by atoms with Crippen LogP contribution in [0.25, 0.3) is 0 Å². The van der Waals surface area contributed by atoms with Crippen LogP contribution in [0.5, 0.6) is 0 Å². The minimum Gasteiger partial charge on any atom is -0.325 e. The fourth-order valence-electron chi connectivity index (χ4n) is 2.49. The van der Waals surface area contributed by atoms with Crippen LogP contribution in [0, 0.1) is 11.8 Å². The van der Waals surface area contributed by atoms with Gasteiger partial charge in [-0.3, -0.25) is 0 Å². The van der Waals surface area contributed by atoms with Gasteiger partial charge < -0.3 is 5.73 Å². The van der Waals surface area contributed by atoms with Gasteiger partial charge in [-0.2, -0.15) is 0 Å². The van der Waals surface area contributed by atoms with E-state index >= 15 is 0 Å². The van der Waals surface area contributed by atoms with Gasteiger partial charge in [-0.05, 0) is 44.4 Å². The third-order valence-electron chi connectivity index (χ3n) is 3.44. The van der Waals surface area contributed by atoms with Crippen LogP contribution in [0.3, 0.4) is 0 Å². The summed E-state index contributed by atoms with van der Waals surface area (Å²) in [4.78, 5) is 0. The molecule has 0 radical (unpaired) electrons. The van der Waals surface area contributed by atoms with Crippen LogP contribution >= 0.6 is 0 Å². The maximum absolute atomic E-state index is 5.75. The molecule has 0 heterocycles. The van der Waals surface area contributed by atoms with E-state index < -0.39 is 0 Å². The van der Waals surface area contributed by atoms with Crippen LogP contribution in [0.2, 0.25) is 0 Å². The van der Waals surface area contributed by atoms with Crippen molar-refractivity contribution in [1.29, 1.82) is 0 Å². The summed E-state index contributed by atoms with van der Waals surface area (Å²) >= 11 is 0. The van der Waals surface area contributed by atoms with Gasteiger partial charge >= 0.3 is 0 Å². The molecule has 0 aromatic heterocycles. The van der Waals surface area contributed by atoms with Crippen molar-refractivity contribution in [1.82, 2.24) is 0 Å². The molecule has 3 unspecified atom stereocenters. The Morgan fingerprint density at radius 1 is 1.31 bits per heavy atom. The third-order valence-corrected chi connectivity index (χ3v) is 3.44. The second-order valence-corrected chi connectivity index (χ2v) is 5.09. The van der Waals surface area contributed by atoms with E-state index in [0.717, 1.165) is 11.8 Å². The molecule has 1 heteroatoms. The van der Waals surface area contributed by atoms with Gasteiger partial charge in [0.25, 0.3) is 0 Å². The van der Waals surface area contributed by atoms with Gasteiger partial charge in [0.2, 0.25) is 0 Å². The average molecular weight is 221 g/mol. The molecule has 0 aromatic carbocycles. The molecule has 16 heavy (non-hydrogen) atoms. The van der Waals surface area contributed by atoms with E-state index in [4.69, 9.17) is 5.73 Å². The fraction of sp³-hybridized carbons (Fsp3) is 0.733. The molecule has 1 aliphatic carbocycles. The van der Waals surface area contributed by atoms with Crippen LogP contribution in [-0.2, 0) is 0 Å². The smallest absolute Gasteiger partial charge is 0.0194 e. The predicted molar refractivity (Wildman–Crippen MR) is 72.3 cm³/mol. The Balaban J connectivity index is 2.34. The van der Waals surface area contributed by atoms with Crippen molar-refractivity contribution in [3.05, 3.63) is 24.3 Å². The Morgan fingerprint density at radius 2 is 2.12 bits per heavy atom. The van der Waals surface area contributed by atoms with Gasteiger partial charge in [-0.1, -0.05) is 44.1 Å². The van der Waals surface area contributed by atoms with Crippen molar-refractivity contribution < 1.29 is 0 Å². The minimum atomic E-state index is 0.205. The summed E-state index contributed by atoms with van der Waals surface area (Å²) in [6, 6.07) is 0.205. The number of nitrogens with two attached hydrogens (primary N) is 1. The highest BCUT2D eigenvalue weighted by atomic mass is 14.6. The highest BCUT2D eigenvalue weighted by Crippen LogP contribution is 2.35. The Labute approximate surface area is 101 Å². The summed E-state index contributed by atoms with van der Waals surface area (Å²) in [6.45, 7) is 4.27. The zero-order valence-corrected chi connectivity index (χ0v) is 10.9. The molecule has 0 spiro atoms. The van der Waals surface area contributed by atoms with Crippen molar-refractivity contribution in [2.24, 2.45) is 17.6 Å². The van der Waals surface area contributed by atoms with Crippen LogP contribution in [-0.4, -0.2) is 6.04 Å².